The van der Waals surface area contributed by atoms with Crippen LogP contribution < -0.4 is 14.8 Å². The molecule has 174 valence electrons. The Balaban J connectivity index is 1.43. The van der Waals surface area contributed by atoms with Gasteiger partial charge >= 0.3 is 12.0 Å². The van der Waals surface area contributed by atoms with Gasteiger partial charge in [0, 0.05) is 21.6 Å². The minimum Gasteiger partial charge on any atom is -0.493 e. The number of halogens is 1. The second-order valence-corrected chi connectivity index (χ2v) is 8.90. The topological polar surface area (TPSA) is 85.8 Å². The Morgan fingerprint density at radius 1 is 1.15 bits per heavy atom. The highest BCUT2D eigenvalue weighted by molar-refractivity contribution is 9.10. The highest BCUT2D eigenvalue weighted by Crippen LogP contribution is 2.30. The lowest BCUT2D eigenvalue weighted by atomic mass is 9.98. The van der Waals surface area contributed by atoms with E-state index in [0.717, 1.165) is 52.7 Å². The minimum atomic E-state index is -0.188. The maximum Gasteiger partial charge on any atom is 0.319 e. The van der Waals surface area contributed by atoms with Crippen molar-refractivity contribution >= 4 is 44.3 Å². The quantitative estimate of drug-likeness (QED) is 0.442. The van der Waals surface area contributed by atoms with Crippen molar-refractivity contribution in [2.45, 2.75) is 12.8 Å². The van der Waals surface area contributed by atoms with Crippen LogP contribution in [-0.2, 0) is 9.53 Å². The van der Waals surface area contributed by atoms with Crippen molar-refractivity contribution < 1.29 is 19.0 Å². The van der Waals surface area contributed by atoms with E-state index in [1.807, 2.05) is 42.5 Å². The molecular formula is C24H27BrN4O4. The van der Waals surface area contributed by atoms with Crippen LogP contribution in [-0.4, -0.2) is 61.3 Å². The molecule has 2 aromatic carbocycles. The van der Waals surface area contributed by atoms with E-state index in [4.69, 9.17) is 14.2 Å². The average molecular weight is 515 g/mol. The molecule has 0 amide bonds. The summed E-state index contributed by atoms with van der Waals surface area (Å²) in [6, 6.07) is 14.0. The minimum absolute atomic E-state index is 0.188. The maximum absolute atomic E-state index is 11.5. The molecule has 0 aliphatic carbocycles. The number of rotatable bonds is 8. The maximum atomic E-state index is 11.5. The van der Waals surface area contributed by atoms with Crippen LogP contribution in [0.3, 0.4) is 0 Å². The first-order valence-corrected chi connectivity index (χ1v) is 11.6. The lowest BCUT2D eigenvalue weighted by Crippen LogP contribution is -2.39. The number of nitrogens with one attached hydrogen (secondary N) is 1. The van der Waals surface area contributed by atoms with Gasteiger partial charge in [-0.05, 0) is 62.2 Å². The van der Waals surface area contributed by atoms with Crippen LogP contribution in [0.25, 0.3) is 10.9 Å². The van der Waals surface area contributed by atoms with Gasteiger partial charge in [0.05, 0.1) is 32.9 Å². The Morgan fingerprint density at radius 3 is 2.70 bits per heavy atom. The zero-order chi connectivity index (χ0) is 23.2. The first kappa shape index (κ1) is 23.3. The summed E-state index contributed by atoms with van der Waals surface area (Å²) in [5, 5.41) is 4.22. The number of carbonyl (C=O) groups is 1. The fourth-order valence-electron chi connectivity index (χ4n) is 3.84. The first-order valence-electron chi connectivity index (χ1n) is 10.8. The Morgan fingerprint density at radius 2 is 1.97 bits per heavy atom. The molecule has 1 N–H and O–H groups in total. The molecule has 1 saturated heterocycles. The van der Waals surface area contributed by atoms with Crippen LogP contribution in [0.2, 0.25) is 0 Å². The Bertz CT molecular complexity index is 1120. The number of nitrogens with zero attached hydrogens (tertiary/aromatic N) is 3. The number of benzene rings is 2. The van der Waals surface area contributed by atoms with Gasteiger partial charge in [0.15, 0.2) is 0 Å². The number of piperidine rings is 1. The molecule has 0 unspecified atom stereocenters. The first-order chi connectivity index (χ1) is 16.0. The number of ether oxygens (including phenoxy) is 3. The molecule has 2 heterocycles. The number of esters is 1. The smallest absolute Gasteiger partial charge is 0.319 e. The van der Waals surface area contributed by atoms with E-state index >= 15 is 0 Å². The number of methoxy groups -OCH3 is 2. The van der Waals surface area contributed by atoms with Crippen LogP contribution in [0.1, 0.15) is 12.8 Å². The fourth-order valence-corrected chi connectivity index (χ4v) is 4.24. The van der Waals surface area contributed by atoms with Crippen LogP contribution in [0.4, 0.5) is 11.5 Å². The van der Waals surface area contributed by atoms with E-state index in [1.165, 1.54) is 7.11 Å². The SMILES string of the molecule is COC(=O)CN1CCC(COc2ccc3c(Nc4cccc(Br)c4)nc(OC)nc3c2)CC1. The van der Waals surface area contributed by atoms with Crippen molar-refractivity contribution in [1.29, 1.82) is 0 Å². The molecule has 33 heavy (non-hydrogen) atoms. The van der Waals surface area contributed by atoms with E-state index in [2.05, 4.69) is 36.1 Å². The highest BCUT2D eigenvalue weighted by atomic mass is 79.9. The van der Waals surface area contributed by atoms with Crippen LogP contribution in [0, 0.1) is 5.92 Å². The molecule has 0 radical (unpaired) electrons. The predicted octanol–water partition coefficient (Wildman–Crippen LogP) is 4.41. The standard InChI is InChI=1S/C24H27BrN4O4/c1-31-22(30)14-29-10-8-16(9-11-29)15-33-19-6-7-20-21(13-19)27-24(32-2)28-23(20)26-18-5-3-4-17(25)12-18/h3-7,12-13,16H,8-11,14-15H2,1-2H3,(H,26,27,28). The van der Waals surface area contributed by atoms with Crippen molar-refractivity contribution in [3.63, 3.8) is 0 Å². The van der Waals surface area contributed by atoms with Crippen molar-refractivity contribution in [2.75, 3.05) is 45.8 Å². The molecule has 0 saturated carbocycles. The fraction of sp³-hybridized carbons (Fsp3) is 0.375. The molecule has 1 fully saturated rings. The van der Waals surface area contributed by atoms with E-state index in [9.17, 15) is 4.79 Å². The summed E-state index contributed by atoms with van der Waals surface area (Å²) >= 11 is 3.49. The number of fused-ring (bicyclic) bond motifs is 1. The third-order valence-corrected chi connectivity index (χ3v) is 6.18. The Hall–Kier alpha value is -2.91. The lowest BCUT2D eigenvalue weighted by molar-refractivity contribution is -0.142. The summed E-state index contributed by atoms with van der Waals surface area (Å²) in [4.78, 5) is 22.6. The summed E-state index contributed by atoms with van der Waals surface area (Å²) in [6.07, 6.45) is 1.97. The van der Waals surface area contributed by atoms with Gasteiger partial charge in [-0.1, -0.05) is 22.0 Å². The third-order valence-electron chi connectivity index (χ3n) is 5.69. The molecule has 1 aliphatic rings. The molecule has 3 aromatic rings. The van der Waals surface area contributed by atoms with Crippen molar-refractivity contribution in [3.05, 3.63) is 46.9 Å². The second kappa shape index (κ2) is 10.8. The molecular weight excluding hydrogens is 488 g/mol. The van der Waals surface area contributed by atoms with Crippen molar-refractivity contribution in [2.24, 2.45) is 5.92 Å². The van der Waals surface area contributed by atoms with Crippen molar-refractivity contribution in [1.82, 2.24) is 14.9 Å². The van der Waals surface area contributed by atoms with Gasteiger partial charge in [-0.15, -0.1) is 0 Å². The highest BCUT2D eigenvalue weighted by Gasteiger charge is 2.21. The molecule has 4 rings (SSSR count). The molecule has 1 aromatic heterocycles. The number of aromatic nitrogens is 2. The van der Waals surface area contributed by atoms with E-state index < -0.39 is 0 Å². The summed E-state index contributed by atoms with van der Waals surface area (Å²) < 4.78 is 17.1. The Kier molecular flexibility index (Phi) is 7.61. The summed E-state index contributed by atoms with van der Waals surface area (Å²) in [5.74, 6) is 1.68. The number of hydrogen-bond donors (Lipinski definition) is 1. The number of likely N-dealkylation sites (tertiary alicyclic amines) is 1. The van der Waals surface area contributed by atoms with Gasteiger partial charge in [0.2, 0.25) is 0 Å². The molecule has 0 atom stereocenters. The molecule has 8 nitrogen and oxygen atoms in total. The molecule has 9 heteroatoms. The number of anilines is 2. The summed E-state index contributed by atoms with van der Waals surface area (Å²) in [5.41, 5.74) is 1.65. The van der Waals surface area contributed by atoms with Crippen LogP contribution in [0.5, 0.6) is 11.8 Å². The Labute approximate surface area is 201 Å². The zero-order valence-corrected chi connectivity index (χ0v) is 20.3. The molecule has 1 aliphatic heterocycles. The summed E-state index contributed by atoms with van der Waals surface area (Å²) in [6.45, 7) is 2.72. The van der Waals surface area contributed by atoms with Gasteiger partial charge in [-0.2, -0.15) is 9.97 Å². The monoisotopic (exact) mass is 514 g/mol. The van der Waals surface area contributed by atoms with Gasteiger partial charge in [0.1, 0.15) is 11.6 Å². The predicted molar refractivity (Wildman–Crippen MR) is 130 cm³/mol. The van der Waals surface area contributed by atoms with Gasteiger partial charge in [-0.3, -0.25) is 9.69 Å². The largest absolute Gasteiger partial charge is 0.493 e. The number of hydrogen-bond acceptors (Lipinski definition) is 8. The lowest BCUT2D eigenvalue weighted by Gasteiger charge is -2.30. The summed E-state index contributed by atoms with van der Waals surface area (Å²) in [7, 11) is 2.98. The second-order valence-electron chi connectivity index (χ2n) is 7.98. The van der Waals surface area contributed by atoms with Gasteiger partial charge in [-0.25, -0.2) is 0 Å². The third kappa shape index (κ3) is 6.11. The number of carbonyl (C=O) groups excluding carboxylic acids is 1. The normalized spacial score (nSPS) is 14.8. The van der Waals surface area contributed by atoms with Gasteiger partial charge < -0.3 is 19.5 Å². The van der Waals surface area contributed by atoms with E-state index in [1.54, 1.807) is 7.11 Å². The molecule has 0 spiro atoms. The van der Waals surface area contributed by atoms with Gasteiger partial charge in [0.25, 0.3) is 0 Å². The zero-order valence-electron chi connectivity index (χ0n) is 18.7. The van der Waals surface area contributed by atoms with E-state index in [0.29, 0.717) is 24.9 Å². The van der Waals surface area contributed by atoms with E-state index in [-0.39, 0.29) is 12.0 Å². The molecule has 0 bridgehead atoms. The van der Waals surface area contributed by atoms with Crippen LogP contribution >= 0.6 is 15.9 Å². The van der Waals surface area contributed by atoms with Crippen molar-refractivity contribution in [3.8, 4) is 11.8 Å². The average Bonchev–Trinajstić information content (AvgIpc) is 2.83. The van der Waals surface area contributed by atoms with Crippen LogP contribution in [0.15, 0.2) is 46.9 Å².